The van der Waals surface area contributed by atoms with Crippen LogP contribution in [0.5, 0.6) is 46.0 Å². The Morgan fingerprint density at radius 1 is 0.386 bits per heavy atom. The fourth-order valence-electron chi connectivity index (χ4n) is 10.4. The van der Waals surface area contributed by atoms with Gasteiger partial charge in [-0.25, -0.2) is 0 Å². The first-order chi connectivity index (χ1) is 42.8. The van der Waals surface area contributed by atoms with Crippen LogP contribution in [-0.4, -0.2) is 54.9 Å². The van der Waals surface area contributed by atoms with Crippen molar-refractivity contribution < 1.29 is 37.9 Å². The van der Waals surface area contributed by atoms with Crippen molar-refractivity contribution in [3.63, 3.8) is 0 Å². The first-order valence-corrected chi connectivity index (χ1v) is 31.7. The van der Waals surface area contributed by atoms with Crippen LogP contribution in [0.25, 0.3) is 46.6 Å². The predicted molar refractivity (Wildman–Crippen MR) is 357 cm³/mol. The van der Waals surface area contributed by atoms with E-state index in [4.69, 9.17) is 37.9 Å². The zero-order valence-electron chi connectivity index (χ0n) is 54.7. The molecule has 0 fully saturated rings. The zero-order chi connectivity index (χ0) is 64.4. The van der Waals surface area contributed by atoms with Crippen LogP contribution in [0.1, 0.15) is 203 Å². The number of methoxy groups -OCH3 is 4. The van der Waals surface area contributed by atoms with Crippen LogP contribution in [0, 0.1) is 80.3 Å². The van der Waals surface area contributed by atoms with Gasteiger partial charge in [-0.05, 0) is 122 Å². The number of allylic oxidation sites excluding steroid dienone is 5. The highest BCUT2D eigenvalue weighted by atomic mass is 16.5. The van der Waals surface area contributed by atoms with Gasteiger partial charge in [0.2, 0.25) is 0 Å². The van der Waals surface area contributed by atoms with Crippen molar-refractivity contribution in [1.29, 1.82) is 26.3 Å². The molecule has 0 bridgehead atoms. The van der Waals surface area contributed by atoms with E-state index in [0.29, 0.717) is 129 Å². The topological polar surface area (TPSA) is 193 Å². The maximum Gasteiger partial charge on any atom is 0.128 e. The van der Waals surface area contributed by atoms with Crippen LogP contribution in [-0.2, 0) is 0 Å². The third-order valence-electron chi connectivity index (χ3n) is 16.3. The summed E-state index contributed by atoms with van der Waals surface area (Å²) in [6, 6.07) is 25.8. The highest BCUT2D eigenvalue weighted by Gasteiger charge is 2.24. The smallest absolute Gasteiger partial charge is 0.128 e. The van der Waals surface area contributed by atoms with E-state index in [1.54, 1.807) is 67.8 Å². The average molecular weight is 1190 g/mol. The van der Waals surface area contributed by atoms with Crippen molar-refractivity contribution in [1.82, 2.24) is 0 Å². The Balaban J connectivity index is 2.07. The highest BCUT2D eigenvalue weighted by Crippen LogP contribution is 2.43. The van der Waals surface area contributed by atoms with Crippen molar-refractivity contribution in [2.24, 2.45) is 23.7 Å². The van der Waals surface area contributed by atoms with Gasteiger partial charge in [0.05, 0.1) is 108 Å². The summed E-state index contributed by atoms with van der Waals surface area (Å²) in [4.78, 5) is 0. The number of nitriles is 5. The molecule has 13 nitrogen and oxygen atoms in total. The van der Waals surface area contributed by atoms with E-state index in [1.807, 2.05) is 12.1 Å². The van der Waals surface area contributed by atoms with Crippen LogP contribution in [0.3, 0.4) is 0 Å². The fraction of sp³-hybridized carbons (Fsp3) is 0.480. The van der Waals surface area contributed by atoms with Crippen molar-refractivity contribution in [3.8, 4) is 76.3 Å². The zero-order valence-corrected chi connectivity index (χ0v) is 54.7. The summed E-state index contributed by atoms with van der Waals surface area (Å²) >= 11 is 0. The van der Waals surface area contributed by atoms with E-state index in [9.17, 15) is 26.3 Å². The standard InChI is InChI=1S/C75H95N5O8/c1-14-22-27-53(18-5)48-85-69-36-57(31-26-32-76)68(81-10)37-58(69)33-61(45-78)65-41-70(86-49-54(19-6)28-23-15-2)59(38-72(65)82-11)34-62(46-79)66-42-71(87-50-55(20-7)29-24-16-3)60(39-73(66)83-12)35-63(47-80)67-43-75(88-51-56(21-8)30-25-17-4)64(52(9)44-77)40-74(67)84-13/h26,31,33-43,53-56H,9,14-25,27-30,48-51H2,1-8,10-13H3/b31-26+,61-33+,62-34+,63-35+. The number of rotatable bonds is 40. The third-order valence-corrected chi connectivity index (χ3v) is 16.3. The molecule has 4 aromatic carbocycles. The molecule has 4 rings (SSSR count). The molecule has 0 N–H and O–H groups in total. The van der Waals surface area contributed by atoms with Gasteiger partial charge in [0, 0.05) is 50.6 Å². The molecule has 468 valence electrons. The Kier molecular flexibility index (Phi) is 32.1. The molecular formula is C75H95N5O8. The van der Waals surface area contributed by atoms with E-state index in [0.717, 1.165) is 103 Å². The minimum absolute atomic E-state index is 0.202. The summed E-state index contributed by atoms with van der Waals surface area (Å²) in [5.41, 5.74) is 4.98. The van der Waals surface area contributed by atoms with Gasteiger partial charge < -0.3 is 37.9 Å². The number of hydrogen-bond donors (Lipinski definition) is 0. The van der Waals surface area contributed by atoms with Gasteiger partial charge in [-0.3, -0.25) is 0 Å². The van der Waals surface area contributed by atoms with E-state index in [2.05, 4.69) is 92.3 Å². The van der Waals surface area contributed by atoms with Crippen LogP contribution < -0.4 is 37.9 Å². The fourth-order valence-corrected chi connectivity index (χ4v) is 10.4. The van der Waals surface area contributed by atoms with Gasteiger partial charge in [-0.2, -0.15) is 26.3 Å². The maximum absolute atomic E-state index is 11.3. The molecule has 88 heavy (non-hydrogen) atoms. The largest absolute Gasteiger partial charge is 0.496 e. The molecule has 13 heteroatoms. The Morgan fingerprint density at radius 3 is 0.989 bits per heavy atom. The summed E-state index contributed by atoms with van der Waals surface area (Å²) in [7, 11) is 6.14. The van der Waals surface area contributed by atoms with Crippen molar-refractivity contribution in [2.45, 2.75) is 158 Å². The van der Waals surface area contributed by atoms with Gasteiger partial charge in [-0.1, -0.05) is 139 Å². The molecule has 0 spiro atoms. The molecule has 0 amide bonds. The summed E-state index contributed by atoms with van der Waals surface area (Å²) in [5, 5.41) is 53.0. The van der Waals surface area contributed by atoms with E-state index in [-0.39, 0.29) is 34.1 Å². The van der Waals surface area contributed by atoms with E-state index in [1.165, 1.54) is 27.4 Å². The average Bonchev–Trinajstić information content (AvgIpc) is 1.33. The van der Waals surface area contributed by atoms with Crippen molar-refractivity contribution in [2.75, 3.05) is 54.9 Å². The van der Waals surface area contributed by atoms with Gasteiger partial charge in [0.25, 0.3) is 0 Å². The molecular weight excluding hydrogens is 1100 g/mol. The van der Waals surface area contributed by atoms with Crippen LogP contribution in [0.2, 0.25) is 0 Å². The van der Waals surface area contributed by atoms with Gasteiger partial charge in [-0.15, -0.1) is 0 Å². The quantitative estimate of drug-likeness (QED) is 0.0302. The van der Waals surface area contributed by atoms with Crippen LogP contribution >= 0.6 is 0 Å². The first-order valence-electron chi connectivity index (χ1n) is 31.7. The number of nitrogens with zero attached hydrogens (tertiary/aromatic N) is 5. The first kappa shape index (κ1) is 71.9. The molecule has 0 saturated carbocycles. The van der Waals surface area contributed by atoms with Gasteiger partial charge in [0.15, 0.2) is 0 Å². The van der Waals surface area contributed by atoms with Gasteiger partial charge >= 0.3 is 0 Å². The molecule has 4 atom stereocenters. The normalized spacial score (nSPS) is 13.0. The minimum atomic E-state index is 0.202. The highest BCUT2D eigenvalue weighted by molar-refractivity contribution is 5.99. The molecule has 0 heterocycles. The molecule has 4 aromatic rings. The number of hydrogen-bond acceptors (Lipinski definition) is 13. The lowest BCUT2D eigenvalue weighted by Gasteiger charge is -2.21. The maximum atomic E-state index is 11.3. The van der Waals surface area contributed by atoms with E-state index >= 15 is 0 Å². The third kappa shape index (κ3) is 20.8. The van der Waals surface area contributed by atoms with Crippen molar-refractivity contribution >= 4 is 46.6 Å². The molecule has 0 aliphatic carbocycles. The lowest BCUT2D eigenvalue weighted by Crippen LogP contribution is -2.12. The molecule has 0 saturated heterocycles. The SMILES string of the molecule is C=C(C#N)c1cc(OC)c(/C(C#N)=C/c2cc(OC)c(/C(C#N)=C/c3cc(OC)c(/C(C#N)=C/c4cc(OC)c(/C=C/C#N)cc4OCC(CC)CCCC)cc3OCC(CC)CCCC)cc2OCC(CC)CCCC)cc1OCC(CC)CCCC. The minimum Gasteiger partial charge on any atom is -0.496 e. The molecule has 4 unspecified atom stereocenters. The number of unbranched alkanes of at least 4 members (excludes halogenated alkanes) is 4. The summed E-state index contributed by atoms with van der Waals surface area (Å²) < 4.78 is 50.8. The van der Waals surface area contributed by atoms with Crippen LogP contribution in [0.4, 0.5) is 0 Å². The second kappa shape index (κ2) is 39.3. The Hall–Kier alpha value is -8.57. The number of ether oxygens (including phenoxy) is 8. The molecule has 0 aliphatic rings. The lowest BCUT2D eigenvalue weighted by molar-refractivity contribution is 0.232. The second-order valence-electron chi connectivity index (χ2n) is 22.3. The Morgan fingerprint density at radius 2 is 0.682 bits per heavy atom. The second-order valence-corrected chi connectivity index (χ2v) is 22.3. The summed E-state index contributed by atoms with van der Waals surface area (Å²) in [5.74, 6) is 4.38. The molecule has 0 radical (unpaired) electrons. The predicted octanol–water partition coefficient (Wildman–Crippen LogP) is 19.4. The van der Waals surface area contributed by atoms with E-state index < -0.39 is 0 Å². The number of benzene rings is 4. The Bertz CT molecular complexity index is 3260. The summed E-state index contributed by atoms with van der Waals surface area (Å²) in [6.07, 6.45) is 24.3. The monoisotopic (exact) mass is 1190 g/mol. The molecule has 0 aromatic heterocycles. The Labute approximate surface area is 527 Å². The van der Waals surface area contributed by atoms with Crippen molar-refractivity contribution in [3.05, 3.63) is 106 Å². The van der Waals surface area contributed by atoms with Gasteiger partial charge in [0.1, 0.15) is 46.0 Å². The van der Waals surface area contributed by atoms with Crippen LogP contribution in [0.15, 0.2) is 61.2 Å². The molecule has 0 aliphatic heterocycles. The lowest BCUT2D eigenvalue weighted by atomic mass is 9.95. The summed E-state index contributed by atoms with van der Waals surface area (Å²) in [6.45, 7) is 22.9.